The maximum atomic E-state index is 12.5. The SMILES string of the molecule is Cn1cnc(C(=O)N2CCC(c3ccc4cc(C5CC5)cnc4n3)CC2)c1. The number of hydrogen-bond acceptors (Lipinski definition) is 4. The fourth-order valence-corrected chi connectivity index (χ4v) is 3.97. The molecule has 6 heteroatoms. The average Bonchev–Trinajstić information content (AvgIpc) is 3.47. The molecule has 5 rings (SSSR count). The highest BCUT2D eigenvalue weighted by atomic mass is 16.2. The van der Waals surface area contributed by atoms with Crippen molar-refractivity contribution in [3.05, 3.63) is 53.9 Å². The highest BCUT2D eigenvalue weighted by Gasteiger charge is 2.27. The van der Waals surface area contributed by atoms with E-state index in [1.165, 1.54) is 18.4 Å². The van der Waals surface area contributed by atoms with Gasteiger partial charge < -0.3 is 9.47 Å². The van der Waals surface area contributed by atoms with E-state index in [-0.39, 0.29) is 5.91 Å². The van der Waals surface area contributed by atoms with Gasteiger partial charge in [-0.2, -0.15) is 0 Å². The van der Waals surface area contributed by atoms with Gasteiger partial charge in [-0.25, -0.2) is 15.0 Å². The van der Waals surface area contributed by atoms with Crippen molar-refractivity contribution in [1.82, 2.24) is 24.4 Å². The minimum Gasteiger partial charge on any atom is -0.340 e. The van der Waals surface area contributed by atoms with Gasteiger partial charge in [0.25, 0.3) is 5.91 Å². The number of pyridine rings is 2. The third-order valence-corrected chi connectivity index (χ3v) is 5.76. The topological polar surface area (TPSA) is 63.9 Å². The summed E-state index contributed by atoms with van der Waals surface area (Å²) >= 11 is 0. The highest BCUT2D eigenvalue weighted by Crippen LogP contribution is 2.40. The first-order chi connectivity index (χ1) is 13.2. The van der Waals surface area contributed by atoms with Gasteiger partial charge in [0.15, 0.2) is 5.65 Å². The van der Waals surface area contributed by atoms with Gasteiger partial charge in [-0.15, -0.1) is 0 Å². The third-order valence-electron chi connectivity index (χ3n) is 5.76. The molecule has 0 atom stereocenters. The van der Waals surface area contributed by atoms with Crippen LogP contribution in [0.15, 0.2) is 36.9 Å². The standard InChI is InChI=1S/C21H23N5O/c1-25-12-19(23-13-25)21(27)26-8-6-15(7-9-26)18-5-4-16-10-17(14-2-3-14)11-22-20(16)24-18/h4-5,10-15H,2-3,6-9H2,1H3. The van der Waals surface area contributed by atoms with Crippen molar-refractivity contribution in [2.24, 2.45) is 7.05 Å². The number of hydrogen-bond donors (Lipinski definition) is 0. The molecule has 1 aliphatic heterocycles. The number of imidazole rings is 1. The minimum absolute atomic E-state index is 0.0230. The molecule has 27 heavy (non-hydrogen) atoms. The van der Waals surface area contributed by atoms with Crippen LogP contribution in [-0.2, 0) is 7.05 Å². The molecule has 0 radical (unpaired) electrons. The van der Waals surface area contributed by atoms with Gasteiger partial charge in [0.05, 0.1) is 6.33 Å². The van der Waals surface area contributed by atoms with Gasteiger partial charge in [0.1, 0.15) is 5.69 Å². The van der Waals surface area contributed by atoms with Crippen LogP contribution in [0.1, 0.15) is 59.3 Å². The van der Waals surface area contributed by atoms with E-state index in [0.29, 0.717) is 17.5 Å². The van der Waals surface area contributed by atoms with Gasteiger partial charge in [-0.3, -0.25) is 4.79 Å². The molecule has 138 valence electrons. The van der Waals surface area contributed by atoms with Crippen molar-refractivity contribution < 1.29 is 4.79 Å². The molecule has 2 aliphatic rings. The predicted octanol–water partition coefficient (Wildman–Crippen LogP) is 3.26. The number of piperidine rings is 1. The second kappa shape index (κ2) is 6.44. The molecule has 1 amide bonds. The average molecular weight is 361 g/mol. The lowest BCUT2D eigenvalue weighted by molar-refractivity contribution is 0.0706. The first kappa shape index (κ1) is 16.4. The number of fused-ring (bicyclic) bond motifs is 1. The number of nitrogens with zero attached hydrogens (tertiary/aromatic N) is 5. The molecule has 1 saturated heterocycles. The quantitative estimate of drug-likeness (QED) is 0.718. The molecule has 0 bridgehead atoms. The molecule has 0 spiro atoms. The molecule has 6 nitrogen and oxygen atoms in total. The highest BCUT2D eigenvalue weighted by molar-refractivity contribution is 5.92. The summed E-state index contributed by atoms with van der Waals surface area (Å²) < 4.78 is 1.81. The molecule has 2 fully saturated rings. The van der Waals surface area contributed by atoms with Crippen LogP contribution in [0.4, 0.5) is 0 Å². The molecule has 0 unspecified atom stereocenters. The molecule has 0 N–H and O–H groups in total. The zero-order chi connectivity index (χ0) is 18.4. The van der Waals surface area contributed by atoms with E-state index >= 15 is 0 Å². The lowest BCUT2D eigenvalue weighted by atomic mass is 9.92. The number of likely N-dealkylation sites (tertiary alicyclic amines) is 1. The molecule has 1 saturated carbocycles. The number of aromatic nitrogens is 4. The van der Waals surface area contributed by atoms with Gasteiger partial charge in [-0.05, 0) is 55.4 Å². The van der Waals surface area contributed by atoms with Crippen molar-refractivity contribution in [3.8, 4) is 0 Å². The van der Waals surface area contributed by atoms with Crippen molar-refractivity contribution >= 4 is 16.9 Å². The minimum atomic E-state index is 0.0230. The lowest BCUT2D eigenvalue weighted by Gasteiger charge is -2.31. The Morgan fingerprint density at radius 2 is 1.89 bits per heavy atom. The third kappa shape index (κ3) is 3.20. The van der Waals surface area contributed by atoms with Crippen LogP contribution in [0.5, 0.6) is 0 Å². The van der Waals surface area contributed by atoms with Crippen molar-refractivity contribution in [2.75, 3.05) is 13.1 Å². The van der Waals surface area contributed by atoms with E-state index in [2.05, 4.69) is 28.2 Å². The largest absolute Gasteiger partial charge is 0.340 e. The number of carbonyl (C=O) groups excluding carboxylic acids is 1. The lowest BCUT2D eigenvalue weighted by Crippen LogP contribution is -2.38. The Kier molecular flexibility index (Phi) is 3.92. The van der Waals surface area contributed by atoms with Gasteiger partial charge in [-0.1, -0.05) is 0 Å². The second-order valence-electron chi connectivity index (χ2n) is 7.82. The van der Waals surface area contributed by atoms with Gasteiger partial charge in [0.2, 0.25) is 0 Å². The number of aryl methyl sites for hydroxylation is 1. The first-order valence-electron chi connectivity index (χ1n) is 9.71. The Morgan fingerprint density at radius 1 is 1.07 bits per heavy atom. The molecule has 3 aromatic rings. The predicted molar refractivity (Wildman–Crippen MR) is 103 cm³/mol. The molecule has 0 aromatic carbocycles. The van der Waals surface area contributed by atoms with Crippen molar-refractivity contribution in [2.45, 2.75) is 37.5 Å². The Morgan fingerprint density at radius 3 is 2.59 bits per heavy atom. The molecule has 4 heterocycles. The number of rotatable bonds is 3. The van der Waals surface area contributed by atoms with E-state index in [0.717, 1.165) is 42.7 Å². The van der Waals surface area contributed by atoms with Gasteiger partial charge >= 0.3 is 0 Å². The maximum absolute atomic E-state index is 12.5. The Hall–Kier alpha value is -2.76. The van der Waals surface area contributed by atoms with Crippen LogP contribution in [-0.4, -0.2) is 43.4 Å². The summed E-state index contributed by atoms with van der Waals surface area (Å²) in [5.74, 6) is 1.12. The second-order valence-corrected chi connectivity index (χ2v) is 7.82. The van der Waals surface area contributed by atoms with Crippen LogP contribution in [0, 0.1) is 0 Å². The van der Waals surface area contributed by atoms with Crippen LogP contribution in [0.3, 0.4) is 0 Å². The summed E-state index contributed by atoms with van der Waals surface area (Å²) in [6, 6.07) is 6.54. The summed E-state index contributed by atoms with van der Waals surface area (Å²) in [6.45, 7) is 1.49. The fraction of sp³-hybridized carbons (Fsp3) is 0.429. The van der Waals surface area contributed by atoms with E-state index in [9.17, 15) is 4.79 Å². The van der Waals surface area contributed by atoms with E-state index in [4.69, 9.17) is 4.98 Å². The Balaban J connectivity index is 1.28. The number of amides is 1. The van der Waals surface area contributed by atoms with E-state index < -0.39 is 0 Å². The fourth-order valence-electron chi connectivity index (χ4n) is 3.97. The van der Waals surface area contributed by atoms with Crippen LogP contribution in [0.25, 0.3) is 11.0 Å². The monoisotopic (exact) mass is 361 g/mol. The molecule has 3 aromatic heterocycles. The summed E-state index contributed by atoms with van der Waals surface area (Å²) in [5, 5.41) is 1.13. The normalized spacial score (nSPS) is 18.2. The zero-order valence-corrected chi connectivity index (χ0v) is 15.5. The van der Waals surface area contributed by atoms with Gasteiger partial charge in [0, 0.05) is 49.5 Å². The van der Waals surface area contributed by atoms with Crippen LogP contribution in [0.2, 0.25) is 0 Å². The summed E-state index contributed by atoms with van der Waals surface area (Å²) in [7, 11) is 1.88. The zero-order valence-electron chi connectivity index (χ0n) is 15.5. The molecule has 1 aliphatic carbocycles. The number of carbonyl (C=O) groups is 1. The summed E-state index contributed by atoms with van der Waals surface area (Å²) in [4.78, 5) is 28.0. The van der Waals surface area contributed by atoms with Crippen LogP contribution >= 0.6 is 0 Å². The maximum Gasteiger partial charge on any atom is 0.274 e. The van der Waals surface area contributed by atoms with Crippen LogP contribution < -0.4 is 0 Å². The first-order valence-corrected chi connectivity index (χ1v) is 9.71. The van der Waals surface area contributed by atoms with E-state index in [1.807, 2.05) is 18.1 Å². The van der Waals surface area contributed by atoms with Crippen molar-refractivity contribution in [3.63, 3.8) is 0 Å². The van der Waals surface area contributed by atoms with E-state index in [1.54, 1.807) is 17.1 Å². The molecular weight excluding hydrogens is 338 g/mol. The molecular formula is C21H23N5O. The summed E-state index contributed by atoms with van der Waals surface area (Å²) in [5.41, 5.74) is 3.80. The Labute approximate surface area is 158 Å². The van der Waals surface area contributed by atoms with Crippen molar-refractivity contribution in [1.29, 1.82) is 0 Å². The summed E-state index contributed by atoms with van der Waals surface area (Å²) in [6.07, 6.45) is 9.86. The Bertz CT molecular complexity index is 999. The smallest absolute Gasteiger partial charge is 0.274 e.